The van der Waals surface area contributed by atoms with Crippen molar-refractivity contribution < 1.29 is 14.6 Å². The average Bonchev–Trinajstić information content (AvgIpc) is 2.32. The van der Waals surface area contributed by atoms with Crippen molar-refractivity contribution in [1.82, 2.24) is 0 Å². The fourth-order valence-electron chi connectivity index (χ4n) is 1.85. The Balaban J connectivity index is 1.85. The Labute approximate surface area is 96.0 Å². The van der Waals surface area contributed by atoms with Gasteiger partial charge >= 0.3 is 0 Å². The average molecular weight is 222 g/mol. The van der Waals surface area contributed by atoms with Crippen LogP contribution in [0, 0.1) is 5.92 Å². The van der Waals surface area contributed by atoms with Crippen LogP contribution in [-0.2, 0) is 16.1 Å². The first kappa shape index (κ1) is 11.6. The smallest absolute Gasteiger partial charge is 0.163 e. The second kappa shape index (κ2) is 5.43. The van der Waals surface area contributed by atoms with Crippen LogP contribution in [0.3, 0.4) is 0 Å². The van der Waals surface area contributed by atoms with E-state index in [1.807, 2.05) is 37.3 Å². The SMILES string of the molecule is C[C@@H]1[C@@H](OCc2ccccc2)OCC[C@H]1O. The van der Waals surface area contributed by atoms with Crippen LogP contribution in [0.2, 0.25) is 0 Å². The van der Waals surface area contributed by atoms with Gasteiger partial charge in [-0.25, -0.2) is 0 Å². The molecule has 3 nitrogen and oxygen atoms in total. The van der Waals surface area contributed by atoms with Crippen LogP contribution < -0.4 is 0 Å². The number of hydrogen-bond acceptors (Lipinski definition) is 3. The minimum Gasteiger partial charge on any atom is -0.393 e. The van der Waals surface area contributed by atoms with E-state index in [9.17, 15) is 5.11 Å². The maximum absolute atomic E-state index is 9.69. The van der Waals surface area contributed by atoms with Crippen LogP contribution in [0.15, 0.2) is 30.3 Å². The number of rotatable bonds is 3. The van der Waals surface area contributed by atoms with Crippen LogP contribution in [0.5, 0.6) is 0 Å². The summed E-state index contributed by atoms with van der Waals surface area (Å²) in [6.45, 7) is 3.06. The van der Waals surface area contributed by atoms with Gasteiger partial charge in [-0.2, -0.15) is 0 Å². The molecule has 0 aliphatic carbocycles. The molecular formula is C13H18O3. The highest BCUT2D eigenvalue weighted by molar-refractivity contribution is 5.13. The van der Waals surface area contributed by atoms with E-state index in [2.05, 4.69) is 0 Å². The summed E-state index contributed by atoms with van der Waals surface area (Å²) >= 11 is 0. The first-order chi connectivity index (χ1) is 7.77. The third-order valence-corrected chi connectivity index (χ3v) is 2.99. The number of benzene rings is 1. The lowest BCUT2D eigenvalue weighted by Crippen LogP contribution is -2.39. The summed E-state index contributed by atoms with van der Waals surface area (Å²) in [6, 6.07) is 9.98. The van der Waals surface area contributed by atoms with E-state index in [4.69, 9.17) is 9.47 Å². The van der Waals surface area contributed by atoms with Crippen molar-refractivity contribution in [3.8, 4) is 0 Å². The molecule has 1 saturated heterocycles. The fraction of sp³-hybridized carbons (Fsp3) is 0.538. The molecule has 1 aliphatic heterocycles. The summed E-state index contributed by atoms with van der Waals surface area (Å²) in [5.74, 6) is 0.0393. The molecule has 1 aromatic carbocycles. The minimum atomic E-state index is -0.311. The topological polar surface area (TPSA) is 38.7 Å². The van der Waals surface area contributed by atoms with Gasteiger partial charge in [-0.05, 0) is 12.0 Å². The molecule has 0 saturated carbocycles. The lowest BCUT2D eigenvalue weighted by molar-refractivity contribution is -0.220. The molecular weight excluding hydrogens is 204 g/mol. The van der Waals surface area contributed by atoms with Crippen molar-refractivity contribution in [2.45, 2.75) is 32.3 Å². The Hall–Kier alpha value is -0.900. The van der Waals surface area contributed by atoms with Gasteiger partial charge in [0.15, 0.2) is 6.29 Å². The molecule has 1 aliphatic rings. The molecule has 2 rings (SSSR count). The van der Waals surface area contributed by atoms with Crippen molar-refractivity contribution in [2.75, 3.05) is 6.61 Å². The summed E-state index contributed by atoms with van der Waals surface area (Å²) in [6.07, 6.45) is 0.102. The third-order valence-electron chi connectivity index (χ3n) is 2.99. The zero-order valence-electron chi connectivity index (χ0n) is 9.50. The highest BCUT2D eigenvalue weighted by Crippen LogP contribution is 2.22. The van der Waals surface area contributed by atoms with E-state index >= 15 is 0 Å². The molecule has 1 heterocycles. The van der Waals surface area contributed by atoms with E-state index in [-0.39, 0.29) is 18.3 Å². The Morgan fingerprint density at radius 2 is 2.12 bits per heavy atom. The molecule has 3 atom stereocenters. The van der Waals surface area contributed by atoms with Crippen molar-refractivity contribution in [3.63, 3.8) is 0 Å². The molecule has 88 valence electrons. The van der Waals surface area contributed by atoms with Crippen LogP contribution in [0.25, 0.3) is 0 Å². The molecule has 0 bridgehead atoms. The molecule has 0 amide bonds. The van der Waals surface area contributed by atoms with Gasteiger partial charge in [0.05, 0.1) is 19.3 Å². The molecule has 1 aromatic rings. The van der Waals surface area contributed by atoms with Gasteiger partial charge in [-0.15, -0.1) is 0 Å². The third kappa shape index (κ3) is 2.82. The van der Waals surface area contributed by atoms with Gasteiger partial charge < -0.3 is 14.6 Å². The van der Waals surface area contributed by atoms with Crippen molar-refractivity contribution >= 4 is 0 Å². The van der Waals surface area contributed by atoms with Crippen molar-refractivity contribution in [1.29, 1.82) is 0 Å². The quantitative estimate of drug-likeness (QED) is 0.849. The van der Waals surface area contributed by atoms with Gasteiger partial charge in [-0.3, -0.25) is 0 Å². The van der Waals surface area contributed by atoms with Crippen molar-refractivity contribution in [2.24, 2.45) is 5.92 Å². The molecule has 0 unspecified atom stereocenters. The second-order valence-electron chi connectivity index (χ2n) is 4.25. The highest BCUT2D eigenvalue weighted by atomic mass is 16.7. The molecule has 0 radical (unpaired) electrons. The summed E-state index contributed by atoms with van der Waals surface area (Å²) in [5.41, 5.74) is 1.12. The van der Waals surface area contributed by atoms with Gasteiger partial charge in [0.2, 0.25) is 0 Å². The lowest BCUT2D eigenvalue weighted by Gasteiger charge is -2.32. The predicted molar refractivity (Wildman–Crippen MR) is 60.8 cm³/mol. The maximum Gasteiger partial charge on any atom is 0.163 e. The van der Waals surface area contributed by atoms with E-state index in [0.717, 1.165) is 5.56 Å². The maximum atomic E-state index is 9.69. The lowest BCUT2D eigenvalue weighted by atomic mass is 9.99. The summed E-state index contributed by atoms with van der Waals surface area (Å²) in [7, 11) is 0. The Kier molecular flexibility index (Phi) is 3.93. The fourth-order valence-corrected chi connectivity index (χ4v) is 1.85. The Morgan fingerprint density at radius 3 is 2.88 bits per heavy atom. The number of hydrogen-bond donors (Lipinski definition) is 1. The van der Waals surface area contributed by atoms with Gasteiger partial charge in [-0.1, -0.05) is 37.3 Å². The summed E-state index contributed by atoms with van der Waals surface area (Å²) < 4.78 is 11.2. The van der Waals surface area contributed by atoms with E-state index in [0.29, 0.717) is 19.6 Å². The van der Waals surface area contributed by atoms with E-state index in [1.54, 1.807) is 0 Å². The normalized spacial score (nSPS) is 30.2. The minimum absolute atomic E-state index is 0.0393. The molecule has 1 N–H and O–H groups in total. The van der Waals surface area contributed by atoms with Crippen LogP contribution in [-0.4, -0.2) is 24.1 Å². The zero-order chi connectivity index (χ0) is 11.4. The van der Waals surface area contributed by atoms with Crippen LogP contribution >= 0.6 is 0 Å². The molecule has 3 heteroatoms. The monoisotopic (exact) mass is 222 g/mol. The Morgan fingerprint density at radius 1 is 1.38 bits per heavy atom. The zero-order valence-corrected chi connectivity index (χ0v) is 9.50. The van der Waals surface area contributed by atoms with Gasteiger partial charge in [0.25, 0.3) is 0 Å². The van der Waals surface area contributed by atoms with Crippen molar-refractivity contribution in [3.05, 3.63) is 35.9 Å². The first-order valence-corrected chi connectivity index (χ1v) is 5.72. The highest BCUT2D eigenvalue weighted by Gasteiger charge is 2.29. The number of aliphatic hydroxyl groups excluding tert-OH is 1. The molecule has 1 fully saturated rings. The summed E-state index contributed by atoms with van der Waals surface area (Å²) in [4.78, 5) is 0. The first-order valence-electron chi connectivity index (χ1n) is 5.72. The van der Waals surface area contributed by atoms with Gasteiger partial charge in [0, 0.05) is 5.92 Å². The van der Waals surface area contributed by atoms with Gasteiger partial charge in [0.1, 0.15) is 0 Å². The van der Waals surface area contributed by atoms with Crippen LogP contribution in [0.1, 0.15) is 18.9 Å². The second-order valence-corrected chi connectivity index (χ2v) is 4.25. The van der Waals surface area contributed by atoms with E-state index in [1.165, 1.54) is 0 Å². The Bertz CT molecular complexity index is 312. The number of aliphatic hydroxyl groups is 1. The largest absolute Gasteiger partial charge is 0.393 e. The number of ether oxygens (including phenoxy) is 2. The standard InChI is InChI=1S/C13H18O3/c1-10-12(14)7-8-15-13(10)16-9-11-5-3-2-4-6-11/h2-6,10,12-14H,7-9H2,1H3/t10-,12+,13+/m0/s1. The van der Waals surface area contributed by atoms with Crippen LogP contribution in [0.4, 0.5) is 0 Å². The predicted octanol–water partition coefficient (Wildman–Crippen LogP) is 1.95. The molecule has 0 aromatic heterocycles. The van der Waals surface area contributed by atoms with E-state index < -0.39 is 0 Å². The molecule has 16 heavy (non-hydrogen) atoms. The summed E-state index contributed by atoms with van der Waals surface area (Å²) in [5, 5.41) is 9.69. The molecule has 0 spiro atoms.